The molecular weight excluding hydrogens is 564 g/mol. The zero-order valence-corrected chi connectivity index (χ0v) is 24.7. The van der Waals surface area contributed by atoms with E-state index in [9.17, 15) is 9.59 Å². The van der Waals surface area contributed by atoms with E-state index in [2.05, 4.69) is 0 Å². The van der Waals surface area contributed by atoms with Crippen molar-refractivity contribution in [3.63, 3.8) is 0 Å². The predicted octanol–water partition coefficient (Wildman–Crippen LogP) is 5.51. The molecule has 0 bridgehead atoms. The van der Waals surface area contributed by atoms with E-state index in [4.69, 9.17) is 35.2 Å². The van der Waals surface area contributed by atoms with Crippen molar-refractivity contribution in [2.45, 2.75) is 32.7 Å². The van der Waals surface area contributed by atoms with E-state index in [0.29, 0.717) is 60.6 Å². The average Bonchev–Trinajstić information content (AvgIpc) is 3.56. The maximum Gasteiger partial charge on any atom is 0.338 e. The first-order chi connectivity index (χ1) is 19.9. The largest absolute Gasteiger partial charge is 0.497 e. The molecule has 0 unspecified atom stereocenters. The standard InChI is InChI=1S/C31H29ClN2O6S/c1-5-8-23-27(30(36)39-6-2)28(22-16-20(37-3)11-14-25(22)38-4)34-29(35)26(41-31(34)33-23)17-21-12-13-24(40-21)18-9-7-10-19(32)15-18/h7,9-17,28H,5-6,8H2,1-4H3/b26-17-/t28-/m0/s1. The van der Waals surface area contributed by atoms with Crippen LogP contribution >= 0.6 is 22.9 Å². The van der Waals surface area contributed by atoms with Crippen molar-refractivity contribution in [1.29, 1.82) is 0 Å². The number of carbonyl (C=O) groups excluding carboxylic acids is 1. The summed E-state index contributed by atoms with van der Waals surface area (Å²) in [6.07, 6.45) is 2.96. The van der Waals surface area contributed by atoms with Gasteiger partial charge in [0.2, 0.25) is 0 Å². The molecule has 5 rings (SSSR count). The Morgan fingerprint density at radius 2 is 1.95 bits per heavy atom. The van der Waals surface area contributed by atoms with Crippen molar-refractivity contribution in [3.05, 3.63) is 102 Å². The molecule has 0 spiro atoms. The highest BCUT2D eigenvalue weighted by molar-refractivity contribution is 7.07. The van der Waals surface area contributed by atoms with Gasteiger partial charge in [0.1, 0.15) is 29.1 Å². The van der Waals surface area contributed by atoms with Gasteiger partial charge in [-0.3, -0.25) is 9.36 Å². The fourth-order valence-corrected chi connectivity index (χ4v) is 6.02. The Kier molecular flexibility index (Phi) is 8.46. The van der Waals surface area contributed by atoms with Gasteiger partial charge in [0.15, 0.2) is 4.80 Å². The summed E-state index contributed by atoms with van der Waals surface area (Å²) in [6.45, 7) is 3.94. The highest BCUT2D eigenvalue weighted by Crippen LogP contribution is 2.38. The second kappa shape index (κ2) is 12.2. The average molecular weight is 593 g/mol. The van der Waals surface area contributed by atoms with Gasteiger partial charge in [0, 0.05) is 22.2 Å². The topological polar surface area (TPSA) is 92.3 Å². The Labute approximate surface area is 245 Å². The van der Waals surface area contributed by atoms with Crippen LogP contribution in [0.5, 0.6) is 11.5 Å². The van der Waals surface area contributed by atoms with Gasteiger partial charge >= 0.3 is 5.97 Å². The lowest BCUT2D eigenvalue weighted by atomic mass is 9.93. The molecule has 1 aliphatic heterocycles. The molecule has 212 valence electrons. The lowest BCUT2D eigenvalue weighted by Gasteiger charge is -2.27. The summed E-state index contributed by atoms with van der Waals surface area (Å²) in [5.74, 6) is 1.66. The quantitative estimate of drug-likeness (QED) is 0.238. The number of ether oxygens (including phenoxy) is 3. The molecule has 8 nitrogen and oxygen atoms in total. The highest BCUT2D eigenvalue weighted by atomic mass is 35.5. The molecule has 0 aliphatic carbocycles. The maximum absolute atomic E-state index is 14.0. The van der Waals surface area contributed by atoms with Crippen molar-refractivity contribution < 1.29 is 23.4 Å². The first kappa shape index (κ1) is 28.4. The first-order valence-corrected chi connectivity index (χ1v) is 14.4. The molecular formula is C31H29ClN2O6S. The number of carbonyl (C=O) groups is 1. The maximum atomic E-state index is 14.0. The zero-order chi connectivity index (χ0) is 29.1. The van der Waals surface area contributed by atoms with Gasteiger partial charge in [-0.1, -0.05) is 48.4 Å². The molecule has 0 fully saturated rings. The summed E-state index contributed by atoms with van der Waals surface area (Å²) in [7, 11) is 3.10. The normalized spacial score (nSPS) is 15.0. The van der Waals surface area contributed by atoms with Crippen LogP contribution in [-0.2, 0) is 9.53 Å². The summed E-state index contributed by atoms with van der Waals surface area (Å²) in [6, 6.07) is 15.4. The molecule has 0 saturated heterocycles. The van der Waals surface area contributed by atoms with E-state index < -0.39 is 12.0 Å². The number of hydrogen-bond donors (Lipinski definition) is 0. The van der Waals surface area contributed by atoms with Crippen molar-refractivity contribution in [3.8, 4) is 22.8 Å². The molecule has 3 heterocycles. The minimum absolute atomic E-state index is 0.182. The van der Waals surface area contributed by atoms with Gasteiger partial charge in [-0.15, -0.1) is 0 Å². The summed E-state index contributed by atoms with van der Waals surface area (Å²) < 4.78 is 24.6. The van der Waals surface area contributed by atoms with E-state index >= 15 is 0 Å². The van der Waals surface area contributed by atoms with E-state index in [-0.39, 0.29) is 12.2 Å². The molecule has 10 heteroatoms. The molecule has 1 atom stereocenters. The number of hydrogen-bond acceptors (Lipinski definition) is 8. The van der Waals surface area contributed by atoms with Crippen molar-refractivity contribution in [1.82, 2.24) is 4.57 Å². The fraction of sp³-hybridized carbons (Fsp3) is 0.258. The van der Waals surface area contributed by atoms with Crippen LogP contribution in [-0.4, -0.2) is 31.4 Å². The van der Waals surface area contributed by atoms with Crippen molar-refractivity contribution >= 4 is 35.0 Å². The number of thiazole rings is 1. The Morgan fingerprint density at radius 1 is 1.12 bits per heavy atom. The van der Waals surface area contributed by atoms with Crippen LogP contribution in [0.25, 0.3) is 17.4 Å². The first-order valence-electron chi connectivity index (χ1n) is 13.2. The van der Waals surface area contributed by atoms with Gasteiger partial charge in [-0.2, -0.15) is 0 Å². The number of rotatable bonds is 9. The van der Waals surface area contributed by atoms with Gasteiger partial charge in [0.25, 0.3) is 5.56 Å². The smallest absolute Gasteiger partial charge is 0.338 e. The number of allylic oxidation sites excluding steroid dienone is 1. The van der Waals surface area contributed by atoms with Crippen molar-refractivity contribution in [2.24, 2.45) is 4.99 Å². The molecule has 41 heavy (non-hydrogen) atoms. The number of halogens is 1. The lowest BCUT2D eigenvalue weighted by molar-refractivity contribution is -0.139. The van der Waals surface area contributed by atoms with Crippen LogP contribution in [0, 0.1) is 0 Å². The molecule has 0 radical (unpaired) electrons. The summed E-state index contributed by atoms with van der Waals surface area (Å²) in [5, 5.41) is 0.599. The molecule has 0 amide bonds. The number of fused-ring (bicyclic) bond motifs is 1. The number of methoxy groups -OCH3 is 2. The molecule has 0 saturated carbocycles. The van der Waals surface area contributed by atoms with E-state index in [1.165, 1.54) is 15.9 Å². The van der Waals surface area contributed by atoms with Gasteiger partial charge < -0.3 is 18.6 Å². The predicted molar refractivity (Wildman–Crippen MR) is 158 cm³/mol. The Morgan fingerprint density at radius 3 is 2.66 bits per heavy atom. The molecule has 2 aromatic heterocycles. The second-order valence-electron chi connectivity index (χ2n) is 9.23. The van der Waals surface area contributed by atoms with Crippen LogP contribution in [0.15, 0.2) is 80.1 Å². The van der Waals surface area contributed by atoms with Crippen molar-refractivity contribution in [2.75, 3.05) is 20.8 Å². The Bertz CT molecular complexity index is 1820. The van der Waals surface area contributed by atoms with Crippen LogP contribution in [0.4, 0.5) is 0 Å². The summed E-state index contributed by atoms with van der Waals surface area (Å²) in [5.41, 5.74) is 1.98. The summed E-state index contributed by atoms with van der Waals surface area (Å²) in [4.78, 5) is 32.8. The Balaban J connectivity index is 1.72. The Hall–Kier alpha value is -4.08. The number of benzene rings is 2. The van der Waals surface area contributed by atoms with E-state index in [1.54, 1.807) is 57.6 Å². The van der Waals surface area contributed by atoms with Crippen LogP contribution in [0.1, 0.15) is 44.1 Å². The zero-order valence-electron chi connectivity index (χ0n) is 23.1. The SMILES string of the molecule is CCCC1=C(C(=O)OCC)[C@H](c2cc(OC)ccc2OC)n2c(s/c(=C\c3ccc(-c4cccc(Cl)c4)o3)c2=O)=N1. The third-order valence-electron chi connectivity index (χ3n) is 6.63. The summed E-state index contributed by atoms with van der Waals surface area (Å²) >= 11 is 7.38. The lowest BCUT2D eigenvalue weighted by Crippen LogP contribution is -2.40. The van der Waals surface area contributed by atoms with Gasteiger partial charge in [0.05, 0.1) is 36.6 Å². The van der Waals surface area contributed by atoms with Crippen LogP contribution in [0.2, 0.25) is 5.02 Å². The number of aromatic nitrogens is 1. The molecule has 1 aliphatic rings. The molecule has 2 aromatic carbocycles. The van der Waals surface area contributed by atoms with Crippen LogP contribution < -0.4 is 24.4 Å². The monoisotopic (exact) mass is 592 g/mol. The third-order valence-corrected chi connectivity index (χ3v) is 7.85. The second-order valence-corrected chi connectivity index (χ2v) is 10.7. The number of esters is 1. The van der Waals surface area contributed by atoms with E-state index in [0.717, 1.165) is 12.0 Å². The van der Waals surface area contributed by atoms with Gasteiger partial charge in [-0.25, -0.2) is 9.79 Å². The molecule has 0 N–H and O–H groups in total. The number of nitrogens with zero attached hydrogens (tertiary/aromatic N) is 2. The van der Waals surface area contributed by atoms with Crippen LogP contribution in [0.3, 0.4) is 0 Å². The third kappa shape index (κ3) is 5.60. The molecule has 4 aromatic rings. The fourth-order valence-electron chi connectivity index (χ4n) is 4.82. The van der Waals surface area contributed by atoms with E-state index in [1.807, 2.05) is 31.2 Å². The minimum Gasteiger partial charge on any atom is -0.497 e. The number of furan rings is 1. The van der Waals surface area contributed by atoms with Gasteiger partial charge in [-0.05, 0) is 55.8 Å². The highest BCUT2D eigenvalue weighted by Gasteiger charge is 2.36. The minimum atomic E-state index is -0.835.